The van der Waals surface area contributed by atoms with E-state index in [-0.39, 0.29) is 24.5 Å². The number of amides is 1. The lowest BCUT2D eigenvalue weighted by atomic mass is 9.95. The fraction of sp³-hybridized carbons (Fsp3) is 0.900. The largest absolute Gasteiger partial charge is 0.394 e. The first-order valence-corrected chi connectivity index (χ1v) is 5.22. The van der Waals surface area contributed by atoms with Crippen molar-refractivity contribution in [1.82, 2.24) is 4.90 Å². The molecule has 0 spiro atoms. The minimum absolute atomic E-state index is 0.000000000000000444. The highest BCUT2D eigenvalue weighted by molar-refractivity contribution is 5.80. The molecule has 2 fully saturated rings. The summed E-state index contributed by atoms with van der Waals surface area (Å²) in [7, 11) is 0. The van der Waals surface area contributed by atoms with Gasteiger partial charge in [0, 0.05) is 12.3 Å². The van der Waals surface area contributed by atoms with Crippen LogP contribution >= 0.6 is 0 Å². The summed E-state index contributed by atoms with van der Waals surface area (Å²) in [5, 5.41) is 18.5. The zero-order valence-electron chi connectivity index (χ0n) is 9.01. The van der Waals surface area contributed by atoms with Crippen molar-refractivity contribution in [2.75, 3.05) is 13.2 Å². The maximum atomic E-state index is 11.8. The summed E-state index contributed by atoms with van der Waals surface area (Å²) >= 11 is 0. The molecule has 86 valence electrons. The van der Waals surface area contributed by atoms with Crippen LogP contribution in [-0.4, -0.2) is 52.1 Å². The highest BCUT2D eigenvalue weighted by Gasteiger charge is 2.53. The van der Waals surface area contributed by atoms with Gasteiger partial charge in [-0.05, 0) is 13.8 Å². The third-order valence-electron chi connectivity index (χ3n) is 3.37. The fourth-order valence-electron chi connectivity index (χ4n) is 2.60. The number of carbonyl (C=O) groups excluding carboxylic acids is 1. The lowest BCUT2D eigenvalue weighted by molar-refractivity contribution is -0.141. The van der Waals surface area contributed by atoms with Gasteiger partial charge in [0.2, 0.25) is 5.91 Å². The summed E-state index contributed by atoms with van der Waals surface area (Å²) in [5.74, 6) is -0.204. The fourth-order valence-corrected chi connectivity index (χ4v) is 2.60. The normalized spacial score (nSPS) is 35.7. The van der Waals surface area contributed by atoms with E-state index in [1.54, 1.807) is 4.90 Å². The van der Waals surface area contributed by atoms with E-state index in [9.17, 15) is 9.90 Å². The van der Waals surface area contributed by atoms with Crippen LogP contribution in [0, 0.1) is 5.92 Å². The highest BCUT2D eigenvalue weighted by atomic mass is 16.5. The lowest BCUT2D eigenvalue weighted by Gasteiger charge is -2.30. The minimum atomic E-state index is -0.832. The monoisotopic (exact) mass is 215 g/mol. The molecule has 0 saturated carbocycles. The Morgan fingerprint density at radius 1 is 1.67 bits per heavy atom. The van der Waals surface area contributed by atoms with Crippen LogP contribution in [0.15, 0.2) is 0 Å². The second-order valence-electron chi connectivity index (χ2n) is 4.71. The molecule has 2 saturated heterocycles. The molecule has 2 aliphatic rings. The molecule has 0 aromatic heterocycles. The van der Waals surface area contributed by atoms with E-state index in [4.69, 9.17) is 9.84 Å². The van der Waals surface area contributed by atoms with Crippen molar-refractivity contribution < 1.29 is 19.7 Å². The molecule has 0 radical (unpaired) electrons. The molecule has 3 atom stereocenters. The van der Waals surface area contributed by atoms with Crippen molar-refractivity contribution in [2.45, 2.75) is 38.1 Å². The third kappa shape index (κ3) is 1.55. The molecule has 0 aromatic rings. The van der Waals surface area contributed by atoms with Crippen molar-refractivity contribution in [3.05, 3.63) is 0 Å². The van der Waals surface area contributed by atoms with E-state index < -0.39 is 11.8 Å². The molecule has 0 bridgehead atoms. The van der Waals surface area contributed by atoms with Gasteiger partial charge in [-0.2, -0.15) is 0 Å². The number of hydrogen-bond donors (Lipinski definition) is 2. The number of aliphatic hydroxyl groups excluding tert-OH is 2. The molecule has 5 nitrogen and oxygen atoms in total. The molecule has 0 aliphatic carbocycles. The first kappa shape index (κ1) is 10.9. The molecule has 5 heteroatoms. The summed E-state index contributed by atoms with van der Waals surface area (Å²) in [6, 6.07) is -0.0883. The number of carbonyl (C=O) groups is 1. The van der Waals surface area contributed by atoms with E-state index in [0.29, 0.717) is 13.0 Å². The van der Waals surface area contributed by atoms with Gasteiger partial charge in [-0.3, -0.25) is 4.79 Å². The second kappa shape index (κ2) is 3.43. The quantitative estimate of drug-likeness (QED) is 0.640. The molecule has 2 heterocycles. The number of ether oxygens (including phenoxy) is 1. The van der Waals surface area contributed by atoms with Gasteiger partial charge in [0.15, 0.2) is 0 Å². The number of nitrogens with zero attached hydrogens (tertiary/aromatic N) is 1. The summed E-state index contributed by atoms with van der Waals surface area (Å²) in [6.45, 7) is 3.83. The van der Waals surface area contributed by atoms with Crippen molar-refractivity contribution >= 4 is 5.91 Å². The molecule has 0 aromatic carbocycles. The Morgan fingerprint density at radius 2 is 2.33 bits per heavy atom. The van der Waals surface area contributed by atoms with Crippen LogP contribution in [0.4, 0.5) is 0 Å². The second-order valence-corrected chi connectivity index (χ2v) is 4.71. The number of hydrogen-bond acceptors (Lipinski definition) is 4. The zero-order valence-corrected chi connectivity index (χ0v) is 9.01. The maximum Gasteiger partial charge on any atom is 0.225 e. The van der Waals surface area contributed by atoms with Gasteiger partial charge in [-0.25, -0.2) is 0 Å². The smallest absolute Gasteiger partial charge is 0.225 e. The van der Waals surface area contributed by atoms with Crippen LogP contribution < -0.4 is 0 Å². The van der Waals surface area contributed by atoms with Gasteiger partial charge < -0.3 is 19.8 Å². The SMILES string of the molecule is CC1(C)OC[C@@H]2[C@H](C(O)CO)CC(=O)N21. The summed E-state index contributed by atoms with van der Waals surface area (Å²) in [5.41, 5.74) is -0.578. The maximum absolute atomic E-state index is 11.8. The molecule has 2 N–H and O–H groups in total. The predicted molar refractivity (Wildman–Crippen MR) is 51.9 cm³/mol. The summed E-state index contributed by atoms with van der Waals surface area (Å²) in [4.78, 5) is 13.4. The van der Waals surface area contributed by atoms with Crippen molar-refractivity contribution in [1.29, 1.82) is 0 Å². The minimum Gasteiger partial charge on any atom is -0.394 e. The predicted octanol–water partition coefficient (Wildman–Crippen LogP) is -0.677. The van der Waals surface area contributed by atoms with E-state index in [2.05, 4.69) is 0 Å². The topological polar surface area (TPSA) is 70.0 Å². The molecule has 2 rings (SSSR count). The highest BCUT2D eigenvalue weighted by Crippen LogP contribution is 2.39. The Morgan fingerprint density at radius 3 is 2.93 bits per heavy atom. The average molecular weight is 215 g/mol. The average Bonchev–Trinajstić information content (AvgIpc) is 2.66. The Hall–Kier alpha value is -0.650. The van der Waals surface area contributed by atoms with Crippen LogP contribution in [0.3, 0.4) is 0 Å². The summed E-state index contributed by atoms with van der Waals surface area (Å²) in [6.07, 6.45) is -0.527. The van der Waals surface area contributed by atoms with Crippen LogP contribution in [0.25, 0.3) is 0 Å². The third-order valence-corrected chi connectivity index (χ3v) is 3.37. The zero-order chi connectivity index (χ0) is 11.2. The van der Waals surface area contributed by atoms with E-state index in [1.807, 2.05) is 13.8 Å². The molecule has 1 unspecified atom stereocenters. The molecule has 15 heavy (non-hydrogen) atoms. The van der Waals surface area contributed by atoms with Gasteiger partial charge >= 0.3 is 0 Å². The van der Waals surface area contributed by atoms with Gasteiger partial charge in [-0.1, -0.05) is 0 Å². The van der Waals surface area contributed by atoms with Crippen molar-refractivity contribution in [3.8, 4) is 0 Å². The number of fused-ring (bicyclic) bond motifs is 1. The molecule has 1 amide bonds. The molecule has 2 aliphatic heterocycles. The lowest BCUT2D eigenvalue weighted by Crippen LogP contribution is -2.45. The Labute approximate surface area is 88.6 Å². The van der Waals surface area contributed by atoms with Crippen molar-refractivity contribution in [2.24, 2.45) is 5.92 Å². The van der Waals surface area contributed by atoms with E-state index in [0.717, 1.165) is 0 Å². The van der Waals surface area contributed by atoms with Gasteiger partial charge in [0.1, 0.15) is 5.72 Å². The number of aliphatic hydroxyl groups is 2. The first-order valence-electron chi connectivity index (χ1n) is 5.22. The van der Waals surface area contributed by atoms with E-state index in [1.165, 1.54) is 0 Å². The Balaban J connectivity index is 2.20. The van der Waals surface area contributed by atoms with Gasteiger partial charge in [0.25, 0.3) is 0 Å². The first-order chi connectivity index (χ1) is 6.97. The van der Waals surface area contributed by atoms with Gasteiger partial charge in [0.05, 0.1) is 25.4 Å². The Kier molecular flexibility index (Phi) is 2.48. The van der Waals surface area contributed by atoms with Crippen molar-refractivity contribution in [3.63, 3.8) is 0 Å². The molecular formula is C10H17NO4. The number of rotatable bonds is 2. The van der Waals surface area contributed by atoms with Crippen LogP contribution in [-0.2, 0) is 9.53 Å². The van der Waals surface area contributed by atoms with Gasteiger partial charge in [-0.15, -0.1) is 0 Å². The Bertz CT molecular complexity index is 279. The van der Waals surface area contributed by atoms with Crippen LogP contribution in [0.5, 0.6) is 0 Å². The van der Waals surface area contributed by atoms with E-state index >= 15 is 0 Å². The van der Waals surface area contributed by atoms with Crippen LogP contribution in [0.1, 0.15) is 20.3 Å². The van der Waals surface area contributed by atoms with Crippen LogP contribution in [0.2, 0.25) is 0 Å². The summed E-state index contributed by atoms with van der Waals surface area (Å²) < 4.78 is 5.51. The molecular weight excluding hydrogens is 198 g/mol. The standard InChI is InChI=1S/C10H17NO4/c1-10(2)11-7(5-15-10)6(3-9(11)14)8(13)4-12/h6-8,12-13H,3-5H2,1-2H3/t6-,7-,8?/m1/s1.